The maximum atomic E-state index is 11.7. The van der Waals surface area contributed by atoms with Crippen molar-refractivity contribution in [3.63, 3.8) is 0 Å². The third kappa shape index (κ3) is 3.27. The van der Waals surface area contributed by atoms with E-state index >= 15 is 0 Å². The minimum absolute atomic E-state index is 0.234. The molecule has 1 aromatic carbocycles. The van der Waals surface area contributed by atoms with Crippen LogP contribution in [-0.2, 0) is 11.3 Å². The van der Waals surface area contributed by atoms with Crippen molar-refractivity contribution in [2.24, 2.45) is 0 Å². The van der Waals surface area contributed by atoms with E-state index in [4.69, 9.17) is 15.2 Å². The Labute approximate surface area is 124 Å². The standard InChI is InChI=1S/C14H13BrN2O3/c1-19-14(18)13-11(16)3-2-4-12(13)20-8-9-5-10(15)7-17-6-9/h2-7H,8,16H2,1H3. The highest BCUT2D eigenvalue weighted by molar-refractivity contribution is 9.10. The average Bonchev–Trinajstić information content (AvgIpc) is 2.44. The Hall–Kier alpha value is -2.08. The molecule has 1 heterocycles. The smallest absolute Gasteiger partial charge is 0.343 e. The van der Waals surface area contributed by atoms with Gasteiger partial charge in [-0.15, -0.1) is 0 Å². The number of carbonyl (C=O) groups excluding carboxylic acids is 1. The summed E-state index contributed by atoms with van der Waals surface area (Å²) in [4.78, 5) is 15.8. The number of anilines is 1. The summed E-state index contributed by atoms with van der Waals surface area (Å²) in [6.07, 6.45) is 3.37. The van der Waals surface area contributed by atoms with Crippen molar-refractivity contribution < 1.29 is 14.3 Å². The highest BCUT2D eigenvalue weighted by atomic mass is 79.9. The predicted molar refractivity (Wildman–Crippen MR) is 78.5 cm³/mol. The van der Waals surface area contributed by atoms with Gasteiger partial charge in [0.25, 0.3) is 0 Å². The quantitative estimate of drug-likeness (QED) is 0.686. The lowest BCUT2D eigenvalue weighted by Gasteiger charge is -2.12. The number of nitrogen functional groups attached to an aromatic ring is 1. The largest absolute Gasteiger partial charge is 0.488 e. The molecule has 6 heteroatoms. The van der Waals surface area contributed by atoms with Gasteiger partial charge < -0.3 is 15.2 Å². The van der Waals surface area contributed by atoms with Crippen LogP contribution in [0.2, 0.25) is 0 Å². The minimum Gasteiger partial charge on any atom is -0.488 e. The van der Waals surface area contributed by atoms with Gasteiger partial charge in [-0.05, 0) is 34.1 Å². The number of rotatable bonds is 4. The fourth-order valence-corrected chi connectivity index (χ4v) is 2.10. The fourth-order valence-electron chi connectivity index (χ4n) is 1.68. The summed E-state index contributed by atoms with van der Waals surface area (Å²) in [6.45, 7) is 0.278. The summed E-state index contributed by atoms with van der Waals surface area (Å²) in [6, 6.07) is 6.90. The molecule has 2 N–H and O–H groups in total. The molecule has 1 aromatic heterocycles. The second kappa shape index (κ2) is 6.38. The van der Waals surface area contributed by atoms with E-state index < -0.39 is 5.97 Å². The van der Waals surface area contributed by atoms with Crippen LogP contribution in [-0.4, -0.2) is 18.1 Å². The Morgan fingerprint density at radius 3 is 2.90 bits per heavy atom. The molecule has 0 radical (unpaired) electrons. The number of methoxy groups -OCH3 is 1. The van der Waals surface area contributed by atoms with Crippen molar-refractivity contribution in [3.05, 3.63) is 52.3 Å². The van der Waals surface area contributed by atoms with Gasteiger partial charge in [0.15, 0.2) is 0 Å². The Kier molecular flexibility index (Phi) is 4.57. The number of hydrogen-bond acceptors (Lipinski definition) is 5. The zero-order valence-corrected chi connectivity index (χ0v) is 12.4. The topological polar surface area (TPSA) is 74.4 Å². The molecule has 0 bridgehead atoms. The van der Waals surface area contributed by atoms with Gasteiger partial charge in [0.05, 0.1) is 7.11 Å². The summed E-state index contributed by atoms with van der Waals surface area (Å²) in [5.74, 6) is -0.137. The second-order valence-corrected chi connectivity index (χ2v) is 4.93. The molecule has 0 amide bonds. The molecule has 0 unspecified atom stereocenters. The number of halogens is 1. The van der Waals surface area contributed by atoms with Crippen LogP contribution < -0.4 is 10.5 Å². The normalized spacial score (nSPS) is 10.1. The third-order valence-electron chi connectivity index (χ3n) is 2.60. The van der Waals surface area contributed by atoms with Crippen molar-refractivity contribution in [3.8, 4) is 5.75 Å². The molecule has 2 aromatic rings. The number of aromatic nitrogens is 1. The monoisotopic (exact) mass is 336 g/mol. The molecule has 0 fully saturated rings. The maximum absolute atomic E-state index is 11.7. The lowest BCUT2D eigenvalue weighted by atomic mass is 10.1. The van der Waals surface area contributed by atoms with E-state index in [0.717, 1.165) is 10.0 Å². The number of nitrogens with two attached hydrogens (primary N) is 1. The van der Waals surface area contributed by atoms with Crippen molar-refractivity contribution in [1.82, 2.24) is 4.98 Å². The molecule has 20 heavy (non-hydrogen) atoms. The molecule has 0 spiro atoms. The number of nitrogens with zero attached hydrogens (tertiary/aromatic N) is 1. The van der Waals surface area contributed by atoms with Crippen LogP contribution in [0.15, 0.2) is 41.1 Å². The summed E-state index contributed by atoms with van der Waals surface area (Å²) >= 11 is 3.34. The SMILES string of the molecule is COC(=O)c1c(N)cccc1OCc1cncc(Br)c1. The Balaban J connectivity index is 2.21. The molecule has 0 aliphatic carbocycles. The van der Waals surface area contributed by atoms with Crippen molar-refractivity contribution in [2.45, 2.75) is 6.61 Å². The number of benzene rings is 1. The summed E-state index contributed by atoms with van der Waals surface area (Å²) in [5, 5.41) is 0. The zero-order valence-electron chi connectivity index (χ0n) is 10.8. The van der Waals surface area contributed by atoms with Crippen LogP contribution in [0, 0.1) is 0 Å². The van der Waals surface area contributed by atoms with Crippen LogP contribution in [0.25, 0.3) is 0 Å². The summed E-state index contributed by atoms with van der Waals surface area (Å²) in [5.41, 5.74) is 7.22. The Bertz CT molecular complexity index is 632. The molecule has 2 rings (SSSR count). The Morgan fingerprint density at radius 1 is 1.40 bits per heavy atom. The first-order valence-corrected chi connectivity index (χ1v) is 6.60. The number of hydrogen-bond donors (Lipinski definition) is 1. The van der Waals surface area contributed by atoms with Crippen molar-refractivity contribution >= 4 is 27.6 Å². The molecule has 5 nitrogen and oxygen atoms in total. The molecule has 104 valence electrons. The van der Waals surface area contributed by atoms with Crippen molar-refractivity contribution in [1.29, 1.82) is 0 Å². The van der Waals surface area contributed by atoms with E-state index in [9.17, 15) is 4.79 Å². The third-order valence-corrected chi connectivity index (χ3v) is 3.04. The average molecular weight is 337 g/mol. The van der Waals surface area contributed by atoms with E-state index in [1.165, 1.54) is 7.11 Å². The van der Waals surface area contributed by atoms with Crippen molar-refractivity contribution in [2.75, 3.05) is 12.8 Å². The van der Waals surface area contributed by atoms with Crippen LogP contribution in [0.5, 0.6) is 5.75 Å². The molecule has 0 saturated carbocycles. The van der Waals surface area contributed by atoms with E-state index in [2.05, 4.69) is 20.9 Å². The maximum Gasteiger partial charge on any atom is 0.343 e. The van der Waals surface area contributed by atoms with E-state index in [-0.39, 0.29) is 12.2 Å². The molecular formula is C14H13BrN2O3. The van der Waals surface area contributed by atoms with Crippen LogP contribution >= 0.6 is 15.9 Å². The first-order valence-electron chi connectivity index (χ1n) is 5.81. The number of pyridine rings is 1. The van der Waals surface area contributed by atoms with Gasteiger partial charge in [-0.3, -0.25) is 4.98 Å². The van der Waals surface area contributed by atoms with E-state index in [1.54, 1.807) is 30.6 Å². The molecular weight excluding hydrogens is 324 g/mol. The van der Waals surface area contributed by atoms with E-state index in [1.807, 2.05) is 6.07 Å². The molecule has 0 aliphatic rings. The fraction of sp³-hybridized carbons (Fsp3) is 0.143. The van der Waals surface area contributed by atoms with Gasteiger partial charge in [0, 0.05) is 28.1 Å². The zero-order chi connectivity index (χ0) is 14.5. The summed E-state index contributed by atoms with van der Waals surface area (Å²) < 4.78 is 11.2. The van der Waals surface area contributed by atoms with E-state index in [0.29, 0.717) is 11.4 Å². The van der Waals surface area contributed by atoms with Gasteiger partial charge in [-0.1, -0.05) is 6.07 Å². The van der Waals surface area contributed by atoms with Gasteiger partial charge in [0.1, 0.15) is 17.9 Å². The molecule has 0 aliphatic heterocycles. The van der Waals surface area contributed by atoms with Crippen LogP contribution in [0.1, 0.15) is 15.9 Å². The molecule has 0 saturated heterocycles. The van der Waals surface area contributed by atoms with Gasteiger partial charge in [0.2, 0.25) is 0 Å². The highest BCUT2D eigenvalue weighted by Gasteiger charge is 2.16. The lowest BCUT2D eigenvalue weighted by Crippen LogP contribution is -2.09. The second-order valence-electron chi connectivity index (χ2n) is 4.01. The predicted octanol–water partition coefficient (Wildman–Crippen LogP) is 2.79. The first kappa shape index (κ1) is 14.3. The lowest BCUT2D eigenvalue weighted by molar-refractivity contribution is 0.0597. The minimum atomic E-state index is -0.523. The van der Waals surface area contributed by atoms with Gasteiger partial charge >= 0.3 is 5.97 Å². The first-order chi connectivity index (χ1) is 9.61. The number of ether oxygens (including phenoxy) is 2. The Morgan fingerprint density at radius 2 is 2.20 bits per heavy atom. The van der Waals surface area contributed by atoms with Crippen LogP contribution in [0.3, 0.4) is 0 Å². The van der Waals surface area contributed by atoms with Crippen LogP contribution in [0.4, 0.5) is 5.69 Å². The highest BCUT2D eigenvalue weighted by Crippen LogP contribution is 2.26. The van der Waals surface area contributed by atoms with Gasteiger partial charge in [-0.2, -0.15) is 0 Å². The van der Waals surface area contributed by atoms with Gasteiger partial charge in [-0.25, -0.2) is 4.79 Å². The number of esters is 1. The summed E-state index contributed by atoms with van der Waals surface area (Å²) in [7, 11) is 1.30. The molecule has 0 atom stereocenters. The number of carbonyl (C=O) groups is 1.